The van der Waals surface area contributed by atoms with Crippen LogP contribution in [-0.4, -0.2) is 20.4 Å². The third-order valence-electron chi connectivity index (χ3n) is 2.09. The Labute approximate surface area is 113 Å². The summed E-state index contributed by atoms with van der Waals surface area (Å²) in [5, 5.41) is 11.2. The lowest BCUT2D eigenvalue weighted by molar-refractivity contribution is -0.385. The Morgan fingerprint density at radius 1 is 1.50 bits per heavy atom. The fourth-order valence-corrected chi connectivity index (χ4v) is 3.16. The number of benzene rings is 1. The van der Waals surface area contributed by atoms with Gasteiger partial charge >= 0.3 is 0 Å². The van der Waals surface area contributed by atoms with Crippen molar-refractivity contribution in [2.75, 3.05) is 5.75 Å². The number of nitrogens with zero attached hydrogens (tertiary/aromatic N) is 1. The maximum atomic E-state index is 11.9. The summed E-state index contributed by atoms with van der Waals surface area (Å²) in [6.07, 6.45) is 0. The number of halogens is 1. The van der Waals surface area contributed by atoms with Crippen molar-refractivity contribution in [3.63, 3.8) is 0 Å². The Kier molecular flexibility index (Phi) is 4.84. The molecule has 1 atom stereocenters. The smallest absolute Gasteiger partial charge is 0.275 e. The Morgan fingerprint density at radius 3 is 2.61 bits per heavy atom. The van der Waals surface area contributed by atoms with Crippen molar-refractivity contribution in [2.24, 2.45) is 5.73 Å². The molecule has 0 saturated heterocycles. The Bertz CT molecular complexity index is 486. The van der Waals surface area contributed by atoms with Gasteiger partial charge in [-0.1, -0.05) is 11.6 Å². The van der Waals surface area contributed by atoms with Crippen LogP contribution in [0.5, 0.6) is 0 Å². The molecule has 0 amide bonds. The van der Waals surface area contributed by atoms with Crippen molar-refractivity contribution in [3.8, 4) is 0 Å². The zero-order chi connectivity index (χ0) is 13.9. The average molecular weight is 291 g/mol. The van der Waals surface area contributed by atoms with Gasteiger partial charge in [-0.25, -0.2) is 0 Å². The first kappa shape index (κ1) is 15.1. The molecule has 0 spiro atoms. The lowest BCUT2D eigenvalue weighted by atomic mass is 10.1. The van der Waals surface area contributed by atoms with Gasteiger partial charge in [0.2, 0.25) is 0 Å². The van der Waals surface area contributed by atoms with E-state index in [1.54, 1.807) is 19.9 Å². The molecule has 0 aliphatic carbocycles. The highest BCUT2D eigenvalue weighted by Crippen LogP contribution is 2.24. The van der Waals surface area contributed by atoms with Crippen LogP contribution in [-0.2, 0) is 16.6 Å². The topological polar surface area (TPSA) is 86.2 Å². The predicted octanol–water partition coefficient (Wildman–Crippen LogP) is 2.23. The zero-order valence-corrected chi connectivity index (χ0v) is 11.8. The summed E-state index contributed by atoms with van der Waals surface area (Å²) in [7, 11) is -1.25. The summed E-state index contributed by atoms with van der Waals surface area (Å²) in [5.74, 6) is 0.390. The van der Waals surface area contributed by atoms with E-state index >= 15 is 0 Å². The average Bonchev–Trinajstić information content (AvgIpc) is 2.17. The van der Waals surface area contributed by atoms with E-state index in [0.29, 0.717) is 5.56 Å². The van der Waals surface area contributed by atoms with Crippen LogP contribution in [0.1, 0.15) is 19.4 Å². The van der Waals surface area contributed by atoms with Crippen molar-refractivity contribution >= 4 is 28.1 Å². The summed E-state index contributed by atoms with van der Waals surface area (Å²) in [5.41, 5.74) is 5.50. The second-order valence-electron chi connectivity index (χ2n) is 4.75. The Morgan fingerprint density at radius 2 is 2.11 bits per heavy atom. The van der Waals surface area contributed by atoms with Crippen molar-refractivity contribution in [1.82, 2.24) is 0 Å². The zero-order valence-electron chi connectivity index (χ0n) is 10.2. The molecular formula is C11H15ClN2O3S. The van der Waals surface area contributed by atoms with Gasteiger partial charge in [-0.3, -0.25) is 14.3 Å². The van der Waals surface area contributed by atoms with Gasteiger partial charge in [-0.2, -0.15) is 0 Å². The first-order valence-electron chi connectivity index (χ1n) is 5.26. The van der Waals surface area contributed by atoms with Gasteiger partial charge in [-0.15, -0.1) is 0 Å². The molecule has 7 heteroatoms. The highest BCUT2D eigenvalue weighted by molar-refractivity contribution is 7.84. The molecule has 1 unspecified atom stereocenters. The van der Waals surface area contributed by atoms with Crippen molar-refractivity contribution < 1.29 is 9.13 Å². The SMILES string of the molecule is CC(C)(N)CS(=O)Cc1ccc(Cl)cc1[N+](=O)[O-]. The monoisotopic (exact) mass is 290 g/mol. The van der Waals surface area contributed by atoms with Gasteiger partial charge in [-0.05, 0) is 26.0 Å². The van der Waals surface area contributed by atoms with Gasteiger partial charge in [0.1, 0.15) is 0 Å². The number of rotatable bonds is 5. The maximum absolute atomic E-state index is 11.9. The standard InChI is InChI=1S/C11H15ClN2O3S/c1-11(2,13)7-18(17)6-8-3-4-9(12)5-10(8)14(15)16/h3-5H,6-7,13H2,1-2H3. The summed E-state index contributed by atoms with van der Waals surface area (Å²) in [4.78, 5) is 10.3. The van der Waals surface area contributed by atoms with Crippen molar-refractivity contribution in [2.45, 2.75) is 25.1 Å². The number of nitrogens with two attached hydrogens (primary N) is 1. The molecule has 1 aromatic rings. The summed E-state index contributed by atoms with van der Waals surface area (Å²) in [6.45, 7) is 3.53. The van der Waals surface area contributed by atoms with Gasteiger partial charge in [0.05, 0.1) is 10.7 Å². The van der Waals surface area contributed by atoms with E-state index in [4.69, 9.17) is 17.3 Å². The summed E-state index contributed by atoms with van der Waals surface area (Å²) >= 11 is 5.70. The molecule has 5 nitrogen and oxygen atoms in total. The number of hydrogen-bond donors (Lipinski definition) is 1. The van der Waals surface area contributed by atoms with E-state index in [1.807, 2.05) is 0 Å². The third-order valence-corrected chi connectivity index (χ3v) is 4.03. The molecular weight excluding hydrogens is 276 g/mol. The molecule has 1 rings (SSSR count). The normalized spacial score (nSPS) is 13.3. The van der Waals surface area contributed by atoms with Crippen molar-refractivity contribution in [1.29, 1.82) is 0 Å². The summed E-state index contributed by atoms with van der Waals surface area (Å²) < 4.78 is 11.9. The first-order valence-corrected chi connectivity index (χ1v) is 7.12. The molecule has 0 aliphatic rings. The van der Waals surface area contributed by atoms with Gasteiger partial charge in [0.15, 0.2) is 0 Å². The Hall–Kier alpha value is -0.980. The molecule has 18 heavy (non-hydrogen) atoms. The van der Waals surface area contributed by atoms with Crippen LogP contribution >= 0.6 is 11.6 Å². The van der Waals surface area contributed by atoms with Gasteiger partial charge in [0.25, 0.3) is 5.69 Å². The lowest BCUT2D eigenvalue weighted by Gasteiger charge is -2.17. The van der Waals surface area contributed by atoms with Crippen molar-refractivity contribution in [3.05, 3.63) is 38.9 Å². The first-order chi connectivity index (χ1) is 8.19. The molecule has 0 aliphatic heterocycles. The van der Waals surface area contributed by atoms with Gasteiger partial charge < -0.3 is 5.73 Å². The number of nitro groups is 1. The molecule has 0 fully saturated rings. The van der Waals surface area contributed by atoms with Crippen LogP contribution in [0.3, 0.4) is 0 Å². The molecule has 0 radical (unpaired) electrons. The minimum atomic E-state index is -1.25. The van der Waals surface area contributed by atoms with Crippen LogP contribution in [0.25, 0.3) is 0 Å². The van der Waals surface area contributed by atoms with E-state index < -0.39 is 21.3 Å². The quantitative estimate of drug-likeness (QED) is 0.665. The molecule has 0 saturated carbocycles. The van der Waals surface area contributed by atoms with Crippen LogP contribution in [0.2, 0.25) is 5.02 Å². The summed E-state index contributed by atoms with van der Waals surface area (Å²) in [6, 6.07) is 4.35. The minimum absolute atomic E-state index is 0.105. The molecule has 0 heterocycles. The molecule has 100 valence electrons. The predicted molar refractivity (Wildman–Crippen MR) is 73.1 cm³/mol. The second-order valence-corrected chi connectivity index (χ2v) is 6.64. The molecule has 0 bridgehead atoms. The van der Waals surface area contributed by atoms with Crippen LogP contribution in [0.15, 0.2) is 18.2 Å². The fourth-order valence-electron chi connectivity index (χ4n) is 1.47. The molecule has 0 aromatic heterocycles. The highest BCUT2D eigenvalue weighted by Gasteiger charge is 2.20. The van der Waals surface area contributed by atoms with E-state index in [2.05, 4.69) is 0 Å². The largest absolute Gasteiger partial charge is 0.325 e. The Balaban J connectivity index is 2.91. The van der Waals surface area contributed by atoms with E-state index in [1.165, 1.54) is 12.1 Å². The van der Waals surface area contributed by atoms with Crippen LogP contribution in [0.4, 0.5) is 5.69 Å². The number of nitro benzene ring substituents is 1. The van der Waals surface area contributed by atoms with E-state index in [0.717, 1.165) is 0 Å². The maximum Gasteiger partial charge on any atom is 0.275 e. The third kappa shape index (κ3) is 4.72. The molecule has 1 aromatic carbocycles. The van der Waals surface area contributed by atoms with Crippen LogP contribution < -0.4 is 5.73 Å². The number of hydrogen-bond acceptors (Lipinski definition) is 4. The second kappa shape index (κ2) is 5.77. The van der Waals surface area contributed by atoms with E-state index in [-0.39, 0.29) is 22.2 Å². The van der Waals surface area contributed by atoms with Crippen LogP contribution in [0, 0.1) is 10.1 Å². The fraction of sp³-hybridized carbons (Fsp3) is 0.455. The molecule has 2 N–H and O–H groups in total. The van der Waals surface area contributed by atoms with E-state index in [9.17, 15) is 14.3 Å². The van der Waals surface area contributed by atoms with Gasteiger partial charge in [0, 0.05) is 38.7 Å². The minimum Gasteiger partial charge on any atom is -0.325 e. The highest BCUT2D eigenvalue weighted by atomic mass is 35.5. The lowest BCUT2D eigenvalue weighted by Crippen LogP contribution is -2.38.